The molecule has 1 N–H and O–H groups in total. The van der Waals surface area contributed by atoms with Gasteiger partial charge in [0.1, 0.15) is 18.2 Å². The number of benzene rings is 3. The van der Waals surface area contributed by atoms with Crippen molar-refractivity contribution in [1.82, 2.24) is 5.32 Å². The molecule has 0 aliphatic carbocycles. The summed E-state index contributed by atoms with van der Waals surface area (Å²) in [6, 6.07) is 13.8. The van der Waals surface area contributed by atoms with E-state index in [1.54, 1.807) is 24.3 Å². The third-order valence-corrected chi connectivity index (χ3v) is 6.26. The first kappa shape index (κ1) is 26.1. The minimum absolute atomic E-state index is 0.00268. The molecule has 1 atom stereocenters. The van der Waals surface area contributed by atoms with Crippen LogP contribution in [-0.4, -0.2) is 43.9 Å². The number of carbonyl (C=O) groups is 2. The molecule has 0 fully saturated rings. The predicted molar refractivity (Wildman–Crippen MR) is 137 cm³/mol. The van der Waals surface area contributed by atoms with Gasteiger partial charge in [-0.1, -0.05) is 59.1 Å². The second kappa shape index (κ2) is 11.4. The number of methoxy groups -OCH3 is 1. The third-order valence-electron chi connectivity index (χ3n) is 5.44. The minimum Gasteiger partial charge on any atom is -0.490 e. The zero-order valence-corrected chi connectivity index (χ0v) is 21.3. The van der Waals surface area contributed by atoms with E-state index in [9.17, 15) is 14.0 Å². The summed E-state index contributed by atoms with van der Waals surface area (Å²) >= 11 is 19.0. The van der Waals surface area contributed by atoms with E-state index in [2.05, 4.69) is 10.3 Å². The summed E-state index contributed by atoms with van der Waals surface area (Å²) in [4.78, 5) is 30.9. The molecule has 0 saturated heterocycles. The van der Waals surface area contributed by atoms with Gasteiger partial charge in [0.15, 0.2) is 11.9 Å². The number of nitrogens with zero attached hydrogens (tertiary/aromatic N) is 1. The van der Waals surface area contributed by atoms with Gasteiger partial charge in [-0.3, -0.25) is 14.6 Å². The van der Waals surface area contributed by atoms with Crippen LogP contribution in [0.4, 0.5) is 4.39 Å². The van der Waals surface area contributed by atoms with Gasteiger partial charge in [0.05, 0.1) is 27.9 Å². The van der Waals surface area contributed by atoms with Crippen LogP contribution >= 0.6 is 34.8 Å². The Morgan fingerprint density at radius 3 is 2.53 bits per heavy atom. The van der Waals surface area contributed by atoms with Crippen molar-refractivity contribution in [3.05, 3.63) is 97.7 Å². The molecular formula is C26H20Cl3FN2O4. The summed E-state index contributed by atoms with van der Waals surface area (Å²) in [5.74, 6) is -1.60. The van der Waals surface area contributed by atoms with Gasteiger partial charge >= 0.3 is 0 Å². The van der Waals surface area contributed by atoms with Crippen LogP contribution < -0.4 is 10.1 Å². The fraction of sp³-hybridized carbons (Fsp3) is 0.192. The predicted octanol–water partition coefficient (Wildman–Crippen LogP) is 5.53. The lowest BCUT2D eigenvalue weighted by Gasteiger charge is -2.17. The molecule has 186 valence electrons. The monoisotopic (exact) mass is 548 g/mol. The zero-order chi connectivity index (χ0) is 25.8. The standard InChI is InChI=1S/C26H20Cl3FN2O4/c1-35-8-9-36-22-7-6-16(30)13-18(22)26(34)32-25-21(33)10-14-4-2-3-5-17(14)24(31-25)23-19(28)11-15(27)12-20(23)29/h2-7,11-13,25H,8-10H2,1H3,(H,32,34). The van der Waals surface area contributed by atoms with Crippen molar-refractivity contribution in [2.24, 2.45) is 4.99 Å². The van der Waals surface area contributed by atoms with Crippen LogP contribution in [0.15, 0.2) is 59.6 Å². The molecule has 1 aliphatic heterocycles. The van der Waals surface area contributed by atoms with E-state index < -0.39 is 17.9 Å². The molecule has 0 aromatic heterocycles. The van der Waals surface area contributed by atoms with Crippen molar-refractivity contribution in [2.75, 3.05) is 20.3 Å². The van der Waals surface area contributed by atoms with Gasteiger partial charge in [-0.05, 0) is 35.9 Å². The van der Waals surface area contributed by atoms with Gasteiger partial charge in [-0.2, -0.15) is 0 Å². The maximum Gasteiger partial charge on any atom is 0.257 e. The number of amides is 1. The van der Waals surface area contributed by atoms with E-state index in [-0.39, 0.29) is 46.8 Å². The molecular weight excluding hydrogens is 530 g/mol. The molecule has 0 bridgehead atoms. The quantitative estimate of drug-likeness (QED) is 0.393. The number of fused-ring (bicyclic) bond motifs is 1. The van der Waals surface area contributed by atoms with E-state index in [1.165, 1.54) is 31.4 Å². The van der Waals surface area contributed by atoms with Gasteiger partial charge in [-0.15, -0.1) is 0 Å². The van der Waals surface area contributed by atoms with E-state index >= 15 is 0 Å². The number of rotatable bonds is 7. The molecule has 4 rings (SSSR count). The van der Waals surface area contributed by atoms with Gasteiger partial charge in [0.25, 0.3) is 5.91 Å². The van der Waals surface area contributed by atoms with Crippen LogP contribution in [-0.2, 0) is 16.0 Å². The van der Waals surface area contributed by atoms with Crippen molar-refractivity contribution in [3.63, 3.8) is 0 Å². The number of ketones is 1. The number of aliphatic imine (C=N–C) groups is 1. The number of halogens is 4. The van der Waals surface area contributed by atoms with E-state index in [1.807, 2.05) is 0 Å². The number of nitrogens with one attached hydrogen (secondary N) is 1. The van der Waals surface area contributed by atoms with Gasteiger partial charge in [0, 0.05) is 29.7 Å². The number of Topliss-reactive ketones (excluding diaryl/α,β-unsaturated/α-hetero) is 1. The molecule has 0 radical (unpaired) electrons. The second-order valence-corrected chi connectivity index (χ2v) is 9.13. The number of hydrogen-bond donors (Lipinski definition) is 1. The van der Waals surface area contributed by atoms with Gasteiger partial charge in [0.2, 0.25) is 0 Å². The number of carbonyl (C=O) groups excluding carboxylic acids is 2. The van der Waals surface area contributed by atoms with E-state index in [4.69, 9.17) is 44.3 Å². The number of hydrogen-bond acceptors (Lipinski definition) is 5. The fourth-order valence-electron chi connectivity index (χ4n) is 3.78. The minimum atomic E-state index is -1.29. The van der Waals surface area contributed by atoms with Crippen LogP contribution in [0.2, 0.25) is 15.1 Å². The lowest BCUT2D eigenvalue weighted by molar-refractivity contribution is -0.120. The highest BCUT2D eigenvalue weighted by Gasteiger charge is 2.30. The molecule has 36 heavy (non-hydrogen) atoms. The molecule has 10 heteroatoms. The highest BCUT2D eigenvalue weighted by atomic mass is 35.5. The van der Waals surface area contributed by atoms with Crippen molar-refractivity contribution in [2.45, 2.75) is 12.6 Å². The summed E-state index contributed by atoms with van der Waals surface area (Å²) < 4.78 is 24.5. The Balaban J connectivity index is 1.75. The van der Waals surface area contributed by atoms with Crippen LogP contribution in [0.1, 0.15) is 27.0 Å². The largest absolute Gasteiger partial charge is 0.490 e. The van der Waals surface area contributed by atoms with Crippen molar-refractivity contribution < 1.29 is 23.5 Å². The molecule has 0 saturated carbocycles. The Kier molecular flexibility index (Phi) is 8.26. The Hall–Kier alpha value is -2.97. The summed E-state index contributed by atoms with van der Waals surface area (Å²) in [6.45, 7) is 0.421. The SMILES string of the molecule is COCCOc1ccc(F)cc1C(=O)NC1N=C(c2c(Cl)cc(Cl)cc2Cl)c2ccccc2CC1=O. The molecule has 1 amide bonds. The molecule has 3 aromatic carbocycles. The van der Waals surface area contributed by atoms with Crippen LogP contribution in [0.3, 0.4) is 0 Å². The van der Waals surface area contributed by atoms with Crippen LogP contribution in [0, 0.1) is 5.82 Å². The lowest BCUT2D eigenvalue weighted by atomic mass is 9.96. The molecule has 6 nitrogen and oxygen atoms in total. The molecule has 1 heterocycles. The van der Waals surface area contributed by atoms with Crippen molar-refractivity contribution >= 4 is 52.2 Å². The molecule has 1 unspecified atom stereocenters. The first-order valence-corrected chi connectivity index (χ1v) is 12.0. The van der Waals surface area contributed by atoms with Crippen molar-refractivity contribution in [3.8, 4) is 5.75 Å². The Morgan fingerprint density at radius 2 is 1.81 bits per heavy atom. The Bertz CT molecular complexity index is 1340. The van der Waals surface area contributed by atoms with E-state index in [0.717, 1.165) is 6.07 Å². The Labute approximate surface area is 222 Å². The normalized spacial score (nSPS) is 15.1. The molecule has 3 aromatic rings. The molecule has 1 aliphatic rings. The van der Waals surface area contributed by atoms with E-state index in [0.29, 0.717) is 27.4 Å². The smallest absolute Gasteiger partial charge is 0.257 e. The second-order valence-electron chi connectivity index (χ2n) is 7.88. The highest BCUT2D eigenvalue weighted by molar-refractivity contribution is 6.43. The fourth-order valence-corrected chi connectivity index (χ4v) is 4.78. The lowest BCUT2D eigenvalue weighted by Crippen LogP contribution is -2.40. The first-order chi connectivity index (χ1) is 17.3. The molecule has 0 spiro atoms. The summed E-state index contributed by atoms with van der Waals surface area (Å²) in [5.41, 5.74) is 1.94. The highest BCUT2D eigenvalue weighted by Crippen LogP contribution is 2.33. The average molecular weight is 550 g/mol. The maximum atomic E-state index is 14.0. The summed E-state index contributed by atoms with van der Waals surface area (Å²) in [6.07, 6.45) is -1.30. The average Bonchev–Trinajstić information content (AvgIpc) is 2.96. The van der Waals surface area contributed by atoms with Crippen molar-refractivity contribution in [1.29, 1.82) is 0 Å². The summed E-state index contributed by atoms with van der Waals surface area (Å²) in [5, 5.41) is 3.41. The van der Waals surface area contributed by atoms with Crippen LogP contribution in [0.25, 0.3) is 0 Å². The van der Waals surface area contributed by atoms with Crippen LogP contribution in [0.5, 0.6) is 5.75 Å². The first-order valence-electron chi connectivity index (χ1n) is 10.8. The third kappa shape index (κ3) is 5.71. The summed E-state index contributed by atoms with van der Waals surface area (Å²) in [7, 11) is 1.51. The number of ether oxygens (including phenoxy) is 2. The zero-order valence-electron chi connectivity index (χ0n) is 19.0. The topological polar surface area (TPSA) is 77.0 Å². The Morgan fingerprint density at radius 1 is 1.08 bits per heavy atom. The maximum absolute atomic E-state index is 14.0. The van der Waals surface area contributed by atoms with Gasteiger partial charge < -0.3 is 14.8 Å². The van der Waals surface area contributed by atoms with Gasteiger partial charge in [-0.25, -0.2) is 4.39 Å².